The number of ether oxygens (including phenoxy) is 1. The highest BCUT2D eigenvalue weighted by Crippen LogP contribution is 2.25. The molecule has 166 valence electrons. The van der Waals surface area contributed by atoms with Gasteiger partial charge in [0.1, 0.15) is 0 Å². The topological polar surface area (TPSA) is 113 Å². The van der Waals surface area contributed by atoms with E-state index in [0.29, 0.717) is 36.5 Å². The molecule has 0 radical (unpaired) electrons. The second-order valence-corrected chi connectivity index (χ2v) is 8.58. The molecule has 2 aliphatic rings. The lowest BCUT2D eigenvalue weighted by atomic mass is 9.97. The highest BCUT2D eigenvalue weighted by atomic mass is 32.1. The van der Waals surface area contributed by atoms with Gasteiger partial charge in [-0.15, -0.1) is 11.3 Å². The number of nitrogens with one attached hydrogen (secondary N) is 1. The molecule has 2 aromatic rings. The van der Waals surface area contributed by atoms with E-state index < -0.39 is 24.4 Å². The first-order valence-electron chi connectivity index (χ1n) is 10.1. The number of likely N-dealkylation sites (tertiary alicyclic amines) is 1. The Morgan fingerprint density at radius 3 is 2.50 bits per heavy atom. The van der Waals surface area contributed by atoms with Crippen LogP contribution in [0.5, 0.6) is 0 Å². The van der Waals surface area contributed by atoms with Crippen LogP contribution in [-0.4, -0.2) is 66.1 Å². The van der Waals surface area contributed by atoms with Crippen molar-refractivity contribution in [3.05, 3.63) is 51.7 Å². The summed E-state index contributed by atoms with van der Waals surface area (Å²) in [4.78, 5) is 64.3. The second-order valence-electron chi connectivity index (χ2n) is 7.63. The van der Waals surface area contributed by atoms with E-state index in [9.17, 15) is 24.0 Å². The summed E-state index contributed by atoms with van der Waals surface area (Å²) in [5.74, 6) is -2.24. The van der Waals surface area contributed by atoms with Gasteiger partial charge in [0.05, 0.1) is 21.9 Å². The van der Waals surface area contributed by atoms with Gasteiger partial charge in [0.2, 0.25) is 0 Å². The Morgan fingerprint density at radius 2 is 1.81 bits per heavy atom. The molecular weight excluding hydrogens is 434 g/mol. The van der Waals surface area contributed by atoms with Crippen molar-refractivity contribution >= 4 is 46.6 Å². The Hall–Kier alpha value is -3.53. The molecular formula is C22H21N3O6S. The molecule has 1 N–H and O–H groups in total. The summed E-state index contributed by atoms with van der Waals surface area (Å²) < 4.78 is 5.15. The predicted octanol–water partition coefficient (Wildman–Crippen LogP) is 2.01. The minimum Gasteiger partial charge on any atom is -0.455 e. The van der Waals surface area contributed by atoms with Crippen molar-refractivity contribution < 1.29 is 28.7 Å². The van der Waals surface area contributed by atoms with E-state index >= 15 is 0 Å². The average Bonchev–Trinajstić information content (AvgIpc) is 3.41. The highest BCUT2D eigenvalue weighted by Gasteiger charge is 2.33. The summed E-state index contributed by atoms with van der Waals surface area (Å²) in [6.45, 7) is 0.453. The molecule has 9 nitrogen and oxygen atoms in total. The van der Waals surface area contributed by atoms with Crippen LogP contribution in [0.25, 0.3) is 0 Å². The van der Waals surface area contributed by atoms with E-state index in [0.717, 1.165) is 4.90 Å². The molecule has 0 atom stereocenters. The SMILES string of the molecule is CN1C(=O)c2ccc(NC(=O)COC(=O)C3CCN(C(=O)c4cccs4)CC3)cc2C1=O. The van der Waals surface area contributed by atoms with Crippen LogP contribution in [0.3, 0.4) is 0 Å². The van der Waals surface area contributed by atoms with Gasteiger partial charge in [0.15, 0.2) is 6.61 Å². The number of hydrogen-bond acceptors (Lipinski definition) is 7. The molecule has 0 unspecified atom stereocenters. The second kappa shape index (κ2) is 8.91. The normalized spacial score (nSPS) is 16.2. The number of benzene rings is 1. The van der Waals surface area contributed by atoms with E-state index in [1.54, 1.807) is 11.0 Å². The summed E-state index contributed by atoms with van der Waals surface area (Å²) in [5, 5.41) is 4.42. The van der Waals surface area contributed by atoms with Gasteiger partial charge in [0.25, 0.3) is 23.6 Å². The first-order valence-corrected chi connectivity index (χ1v) is 11.0. The van der Waals surface area contributed by atoms with E-state index in [1.807, 2.05) is 11.4 Å². The number of anilines is 1. The van der Waals surface area contributed by atoms with Gasteiger partial charge in [-0.1, -0.05) is 6.07 Å². The van der Waals surface area contributed by atoms with Crippen molar-refractivity contribution in [2.75, 3.05) is 32.1 Å². The number of piperidine rings is 1. The Bertz CT molecular complexity index is 1090. The molecule has 0 saturated carbocycles. The number of imide groups is 1. The molecule has 1 aromatic heterocycles. The molecule has 1 fully saturated rings. The van der Waals surface area contributed by atoms with Crippen molar-refractivity contribution in [2.45, 2.75) is 12.8 Å². The van der Waals surface area contributed by atoms with Gasteiger partial charge in [-0.3, -0.25) is 28.9 Å². The lowest BCUT2D eigenvalue weighted by molar-refractivity contribution is -0.152. The number of rotatable bonds is 5. The largest absolute Gasteiger partial charge is 0.455 e. The minimum absolute atomic E-state index is 0.0353. The van der Waals surface area contributed by atoms with Gasteiger partial charge in [0, 0.05) is 25.8 Å². The lowest BCUT2D eigenvalue weighted by Crippen LogP contribution is -2.40. The summed E-state index contributed by atoms with van der Waals surface area (Å²) in [6, 6.07) is 8.03. The maximum atomic E-state index is 12.4. The molecule has 1 aromatic carbocycles. The van der Waals surface area contributed by atoms with E-state index in [-0.39, 0.29) is 28.9 Å². The smallest absolute Gasteiger partial charge is 0.309 e. The molecule has 3 heterocycles. The van der Waals surface area contributed by atoms with E-state index in [4.69, 9.17) is 4.74 Å². The standard InChI is InChI=1S/C22H21N3O6S/c1-24-19(27)15-5-4-14(11-16(15)20(24)28)23-18(26)12-31-22(30)13-6-8-25(9-7-13)21(29)17-3-2-10-32-17/h2-5,10-11,13H,6-9,12H2,1H3,(H,23,26). The summed E-state index contributed by atoms with van der Waals surface area (Å²) in [6.07, 6.45) is 0.956. The van der Waals surface area contributed by atoms with E-state index in [1.165, 1.54) is 36.6 Å². The maximum absolute atomic E-state index is 12.4. The average molecular weight is 455 g/mol. The number of hydrogen-bond donors (Lipinski definition) is 1. The Morgan fingerprint density at radius 1 is 1.09 bits per heavy atom. The fourth-order valence-corrected chi connectivity index (χ4v) is 4.46. The molecule has 4 rings (SSSR count). The van der Waals surface area contributed by atoms with Crippen LogP contribution in [0, 0.1) is 5.92 Å². The van der Waals surface area contributed by atoms with Crippen LogP contribution in [0.15, 0.2) is 35.7 Å². The molecule has 0 bridgehead atoms. The van der Waals surface area contributed by atoms with E-state index in [2.05, 4.69) is 5.32 Å². The molecule has 0 spiro atoms. The van der Waals surface area contributed by atoms with Crippen LogP contribution in [-0.2, 0) is 14.3 Å². The fraction of sp³-hybridized carbons (Fsp3) is 0.318. The first-order chi connectivity index (χ1) is 15.3. The third-order valence-corrected chi connectivity index (χ3v) is 6.42. The van der Waals surface area contributed by atoms with Crippen LogP contribution in [0.1, 0.15) is 43.2 Å². The van der Waals surface area contributed by atoms with Crippen molar-refractivity contribution in [2.24, 2.45) is 5.92 Å². The zero-order valence-electron chi connectivity index (χ0n) is 17.3. The number of esters is 1. The maximum Gasteiger partial charge on any atom is 0.309 e. The van der Waals surface area contributed by atoms with Gasteiger partial charge in [-0.2, -0.15) is 0 Å². The first kappa shape index (κ1) is 21.7. The molecule has 0 aliphatic carbocycles. The third kappa shape index (κ3) is 4.26. The van der Waals surface area contributed by atoms with Gasteiger partial charge >= 0.3 is 5.97 Å². The van der Waals surface area contributed by atoms with Gasteiger partial charge in [-0.25, -0.2) is 0 Å². The molecule has 4 amide bonds. The number of fused-ring (bicyclic) bond motifs is 1. The third-order valence-electron chi connectivity index (χ3n) is 5.57. The number of carbonyl (C=O) groups is 5. The minimum atomic E-state index is -0.547. The number of nitrogens with zero attached hydrogens (tertiary/aromatic N) is 2. The predicted molar refractivity (Wildman–Crippen MR) is 115 cm³/mol. The van der Waals surface area contributed by atoms with Crippen LogP contribution in [0.2, 0.25) is 0 Å². The van der Waals surface area contributed by atoms with Crippen molar-refractivity contribution in [3.63, 3.8) is 0 Å². The summed E-state index contributed by atoms with van der Waals surface area (Å²) >= 11 is 1.39. The lowest BCUT2D eigenvalue weighted by Gasteiger charge is -2.30. The van der Waals surface area contributed by atoms with Crippen molar-refractivity contribution in [1.29, 1.82) is 0 Å². The highest BCUT2D eigenvalue weighted by molar-refractivity contribution is 7.12. The Kier molecular flexibility index (Phi) is 6.04. The molecule has 1 saturated heterocycles. The Labute approximate surface area is 187 Å². The van der Waals surface area contributed by atoms with Crippen molar-refractivity contribution in [1.82, 2.24) is 9.80 Å². The van der Waals surface area contributed by atoms with Crippen LogP contribution < -0.4 is 5.32 Å². The quantitative estimate of drug-likeness (QED) is 0.545. The summed E-state index contributed by atoms with van der Waals surface area (Å²) in [7, 11) is 1.39. The molecule has 10 heteroatoms. The Balaban J connectivity index is 1.25. The number of thiophene rings is 1. The molecule has 32 heavy (non-hydrogen) atoms. The van der Waals surface area contributed by atoms with Crippen LogP contribution in [0.4, 0.5) is 5.69 Å². The zero-order valence-corrected chi connectivity index (χ0v) is 18.1. The fourth-order valence-electron chi connectivity index (χ4n) is 3.76. The zero-order chi connectivity index (χ0) is 22.8. The summed E-state index contributed by atoms with van der Waals surface area (Å²) in [5.41, 5.74) is 0.837. The monoisotopic (exact) mass is 455 g/mol. The number of carbonyl (C=O) groups excluding carboxylic acids is 5. The molecule has 2 aliphatic heterocycles. The van der Waals surface area contributed by atoms with Crippen LogP contribution >= 0.6 is 11.3 Å². The van der Waals surface area contributed by atoms with Gasteiger partial charge < -0.3 is 15.0 Å². The number of amides is 4. The van der Waals surface area contributed by atoms with Crippen molar-refractivity contribution in [3.8, 4) is 0 Å². The van der Waals surface area contributed by atoms with Gasteiger partial charge in [-0.05, 0) is 42.5 Å².